The Kier molecular flexibility index (Phi) is 2.71. The molecule has 0 aromatic rings. The molecule has 54 valence electrons. The van der Waals surface area contributed by atoms with Gasteiger partial charge in [0.1, 0.15) is 0 Å². The molecular weight excluding hydrogens is 122 g/mol. The molecule has 0 aromatic heterocycles. The maximum Gasteiger partial charge on any atom is 0.261 e. The van der Waals surface area contributed by atoms with Crippen LogP contribution in [0.25, 0.3) is 0 Å². The van der Waals surface area contributed by atoms with Crippen LogP contribution in [0.15, 0.2) is 5.10 Å². The van der Waals surface area contributed by atoms with Crippen molar-refractivity contribution in [1.29, 1.82) is 0 Å². The Balaban J connectivity index is 4.01. The highest BCUT2D eigenvalue weighted by Crippen LogP contribution is 1.74. The van der Waals surface area contributed by atoms with E-state index in [0.717, 1.165) is 10.1 Å². The molecule has 0 heterocycles. The second-order valence-corrected chi connectivity index (χ2v) is 1.45. The van der Waals surface area contributed by atoms with Crippen molar-refractivity contribution in [2.75, 3.05) is 7.05 Å². The van der Waals surface area contributed by atoms with Gasteiger partial charge >= 0.3 is 0 Å². The van der Waals surface area contributed by atoms with Crippen LogP contribution in [0.5, 0.6) is 0 Å². The summed E-state index contributed by atoms with van der Waals surface area (Å²) in [6.07, 6.45) is 0. The van der Waals surface area contributed by atoms with Gasteiger partial charge in [0.15, 0.2) is 0 Å². The molecule has 0 radical (unpaired) electrons. The summed E-state index contributed by atoms with van der Waals surface area (Å²) in [5.74, 6) is 20.2. The highest BCUT2D eigenvalue weighted by Gasteiger charge is 2.03. The SMILES string of the molecule is CN(N)/C(=N\N)N(N)N. The van der Waals surface area contributed by atoms with Crippen molar-refractivity contribution < 1.29 is 0 Å². The number of hydrazone groups is 1. The first-order valence-corrected chi connectivity index (χ1v) is 2.15. The second-order valence-electron chi connectivity index (χ2n) is 1.45. The molecule has 0 spiro atoms. The van der Waals surface area contributed by atoms with Gasteiger partial charge in [0.25, 0.3) is 5.96 Å². The van der Waals surface area contributed by atoms with Crippen LogP contribution in [0.3, 0.4) is 0 Å². The van der Waals surface area contributed by atoms with E-state index in [1.54, 1.807) is 0 Å². The fourth-order valence-corrected chi connectivity index (χ4v) is 0.340. The Labute approximate surface area is 52.8 Å². The average Bonchev–Trinajstić information content (AvgIpc) is 1.64. The van der Waals surface area contributed by atoms with E-state index in [1.165, 1.54) is 7.05 Å². The Morgan fingerprint density at radius 1 is 1.33 bits per heavy atom. The number of hydrogen-bond acceptors (Lipinski definition) is 5. The number of hydrogen-bond donors (Lipinski definition) is 4. The largest absolute Gasteiger partial charge is 0.320 e. The van der Waals surface area contributed by atoms with E-state index in [-0.39, 0.29) is 5.96 Å². The zero-order chi connectivity index (χ0) is 7.44. The topological polar surface area (TPSA) is 123 Å². The lowest BCUT2D eigenvalue weighted by Gasteiger charge is -2.18. The maximum absolute atomic E-state index is 5.17. The third-order valence-electron chi connectivity index (χ3n) is 0.662. The van der Waals surface area contributed by atoms with Gasteiger partial charge in [-0.15, -0.1) is 5.10 Å². The van der Waals surface area contributed by atoms with Crippen molar-refractivity contribution in [2.24, 2.45) is 28.5 Å². The van der Waals surface area contributed by atoms with Crippen molar-refractivity contribution in [2.45, 2.75) is 0 Å². The molecule has 0 amide bonds. The standard InChI is InChI=1S/C2H11N7/c1-8(4)2(7-3)9(5)6/h3-6H2,1H3/b7-2+. The van der Waals surface area contributed by atoms with Crippen LogP contribution in [-0.4, -0.2) is 23.1 Å². The van der Waals surface area contributed by atoms with E-state index in [4.69, 9.17) is 23.4 Å². The molecule has 9 heavy (non-hydrogen) atoms. The molecule has 0 aliphatic heterocycles. The summed E-state index contributed by atoms with van der Waals surface area (Å²) in [5, 5.41) is 5.00. The van der Waals surface area contributed by atoms with Crippen LogP contribution in [0, 0.1) is 0 Å². The van der Waals surface area contributed by atoms with Crippen molar-refractivity contribution >= 4 is 5.96 Å². The Hall–Kier alpha value is -1.05. The molecular formula is C2H11N7. The molecule has 0 unspecified atom stereocenters. The van der Waals surface area contributed by atoms with Crippen LogP contribution in [0.2, 0.25) is 0 Å². The van der Waals surface area contributed by atoms with Gasteiger partial charge < -0.3 is 5.84 Å². The predicted octanol–water partition coefficient (Wildman–Crippen LogP) is -2.93. The first kappa shape index (κ1) is 7.95. The third kappa shape index (κ3) is 2.13. The molecule has 8 N–H and O–H groups in total. The van der Waals surface area contributed by atoms with E-state index in [2.05, 4.69) is 5.10 Å². The Morgan fingerprint density at radius 2 is 1.78 bits per heavy atom. The lowest BCUT2D eigenvalue weighted by Crippen LogP contribution is -2.53. The van der Waals surface area contributed by atoms with Gasteiger partial charge in [-0.2, -0.15) is 0 Å². The molecule has 0 rings (SSSR count). The molecule has 7 heteroatoms. The fourth-order valence-electron chi connectivity index (χ4n) is 0.340. The van der Waals surface area contributed by atoms with Crippen LogP contribution in [-0.2, 0) is 0 Å². The van der Waals surface area contributed by atoms with Crippen molar-refractivity contribution in [3.8, 4) is 0 Å². The van der Waals surface area contributed by atoms with Gasteiger partial charge in [-0.1, -0.05) is 0 Å². The smallest absolute Gasteiger partial charge is 0.261 e. The number of guanidine groups is 1. The summed E-state index contributed by atoms with van der Waals surface area (Å²) >= 11 is 0. The maximum atomic E-state index is 5.17. The minimum atomic E-state index is 0.0926. The predicted molar refractivity (Wildman–Crippen MR) is 33.8 cm³/mol. The van der Waals surface area contributed by atoms with Gasteiger partial charge in [-0.3, -0.25) is 5.01 Å². The van der Waals surface area contributed by atoms with Crippen LogP contribution in [0.1, 0.15) is 0 Å². The zero-order valence-corrected chi connectivity index (χ0v) is 5.15. The summed E-state index contributed by atoms with van der Waals surface area (Å²) in [5.41, 5.74) is 0. The quantitative estimate of drug-likeness (QED) is 0.121. The normalized spacial score (nSPS) is 11.3. The Bertz CT molecular complexity index is 93.5. The number of nitrogens with zero attached hydrogens (tertiary/aromatic N) is 3. The van der Waals surface area contributed by atoms with Crippen LogP contribution < -0.4 is 23.4 Å². The molecule has 0 saturated carbocycles. The summed E-state index contributed by atoms with van der Waals surface area (Å²) in [6.45, 7) is 0. The van der Waals surface area contributed by atoms with E-state index < -0.39 is 0 Å². The summed E-state index contributed by atoms with van der Waals surface area (Å²) in [4.78, 5) is 0. The fraction of sp³-hybridized carbons (Fsp3) is 0.500. The van der Waals surface area contributed by atoms with E-state index >= 15 is 0 Å². The van der Waals surface area contributed by atoms with Gasteiger partial charge in [-0.25, -0.2) is 22.6 Å². The van der Waals surface area contributed by atoms with Crippen molar-refractivity contribution in [3.05, 3.63) is 0 Å². The number of hydrazine groups is 3. The molecule has 0 fully saturated rings. The first-order chi connectivity index (χ1) is 4.09. The molecule has 0 aliphatic carbocycles. The van der Waals surface area contributed by atoms with Crippen LogP contribution in [0.4, 0.5) is 0 Å². The van der Waals surface area contributed by atoms with Gasteiger partial charge in [0.05, 0.1) is 0 Å². The monoisotopic (exact) mass is 133 g/mol. The van der Waals surface area contributed by atoms with Gasteiger partial charge in [0.2, 0.25) is 0 Å². The van der Waals surface area contributed by atoms with Crippen LogP contribution >= 0.6 is 0 Å². The molecule has 0 bridgehead atoms. The minimum absolute atomic E-state index is 0.0926. The van der Waals surface area contributed by atoms with Crippen molar-refractivity contribution in [1.82, 2.24) is 10.1 Å². The lowest BCUT2D eigenvalue weighted by molar-refractivity contribution is 0.368. The van der Waals surface area contributed by atoms with Crippen molar-refractivity contribution in [3.63, 3.8) is 0 Å². The highest BCUT2D eigenvalue weighted by molar-refractivity contribution is 5.77. The summed E-state index contributed by atoms with van der Waals surface area (Å²) in [6, 6.07) is 0. The lowest BCUT2D eigenvalue weighted by atomic mass is 10.9. The molecule has 7 nitrogen and oxygen atoms in total. The minimum Gasteiger partial charge on any atom is -0.320 e. The molecule has 0 aromatic carbocycles. The zero-order valence-electron chi connectivity index (χ0n) is 5.15. The molecule has 0 aliphatic rings. The molecule has 0 saturated heterocycles. The van der Waals surface area contributed by atoms with E-state index in [9.17, 15) is 0 Å². The highest BCUT2D eigenvalue weighted by atomic mass is 15.7. The Morgan fingerprint density at radius 3 is 1.78 bits per heavy atom. The summed E-state index contributed by atoms with van der Waals surface area (Å²) < 4.78 is 0. The first-order valence-electron chi connectivity index (χ1n) is 2.15. The van der Waals surface area contributed by atoms with Gasteiger partial charge in [0, 0.05) is 7.05 Å². The number of nitrogens with two attached hydrogens (primary N) is 4. The average molecular weight is 133 g/mol. The summed E-state index contributed by atoms with van der Waals surface area (Å²) in [7, 11) is 1.51. The van der Waals surface area contributed by atoms with E-state index in [0.29, 0.717) is 0 Å². The second kappa shape index (κ2) is 3.07. The molecule has 0 atom stereocenters. The van der Waals surface area contributed by atoms with Gasteiger partial charge in [-0.05, 0) is 0 Å². The van der Waals surface area contributed by atoms with E-state index in [1.807, 2.05) is 0 Å². The number of rotatable bonds is 0. The third-order valence-corrected chi connectivity index (χ3v) is 0.662.